The number of benzene rings is 1. The molecule has 0 saturated heterocycles. The standard InChI is InChI=1S/C14H20ClIN2O.ClH/c1-9(2)7-14(3,8-17)18-13(19)11-5-4-10(16)6-12(11)15;/h4-6,9H,7-8,17H2,1-3H3,(H,18,19);1H. The van der Waals surface area contributed by atoms with Crippen LogP contribution in [0.4, 0.5) is 0 Å². The minimum absolute atomic E-state index is 0. The maximum Gasteiger partial charge on any atom is 0.253 e. The summed E-state index contributed by atoms with van der Waals surface area (Å²) in [6.07, 6.45) is 0.831. The van der Waals surface area contributed by atoms with Gasteiger partial charge in [-0.25, -0.2) is 0 Å². The third-order valence-electron chi connectivity index (χ3n) is 2.90. The lowest BCUT2D eigenvalue weighted by Crippen LogP contribution is -2.52. The Kier molecular flexibility index (Phi) is 8.40. The van der Waals surface area contributed by atoms with Gasteiger partial charge in [0, 0.05) is 15.7 Å². The van der Waals surface area contributed by atoms with E-state index in [1.54, 1.807) is 12.1 Å². The topological polar surface area (TPSA) is 55.1 Å². The molecule has 3 N–H and O–H groups in total. The first-order valence-electron chi connectivity index (χ1n) is 6.25. The van der Waals surface area contributed by atoms with Crippen molar-refractivity contribution in [3.63, 3.8) is 0 Å². The molecule has 1 aromatic rings. The SMILES string of the molecule is CC(C)CC(C)(CN)NC(=O)c1ccc(I)cc1Cl.Cl. The number of hydrogen-bond acceptors (Lipinski definition) is 2. The van der Waals surface area contributed by atoms with E-state index in [0.717, 1.165) is 9.99 Å². The van der Waals surface area contributed by atoms with Gasteiger partial charge in [-0.1, -0.05) is 25.4 Å². The Morgan fingerprint density at radius 2 is 2.10 bits per heavy atom. The number of hydrogen-bond donors (Lipinski definition) is 2. The van der Waals surface area contributed by atoms with Crippen LogP contribution < -0.4 is 11.1 Å². The molecule has 0 aliphatic rings. The monoisotopic (exact) mass is 430 g/mol. The van der Waals surface area contributed by atoms with Crippen molar-refractivity contribution in [3.05, 3.63) is 32.4 Å². The van der Waals surface area contributed by atoms with Crippen molar-refractivity contribution in [2.24, 2.45) is 11.7 Å². The van der Waals surface area contributed by atoms with Crippen molar-refractivity contribution in [1.82, 2.24) is 5.32 Å². The minimum Gasteiger partial charge on any atom is -0.346 e. The fourth-order valence-corrected chi connectivity index (χ4v) is 3.04. The second-order valence-electron chi connectivity index (χ2n) is 5.44. The molecule has 0 bridgehead atoms. The molecule has 1 aromatic carbocycles. The van der Waals surface area contributed by atoms with Crippen molar-refractivity contribution in [3.8, 4) is 0 Å². The van der Waals surface area contributed by atoms with Crippen LogP contribution in [0.5, 0.6) is 0 Å². The quantitative estimate of drug-likeness (QED) is 0.696. The van der Waals surface area contributed by atoms with Gasteiger partial charge in [-0.05, 0) is 60.1 Å². The molecule has 0 radical (unpaired) electrons. The van der Waals surface area contributed by atoms with Crippen LogP contribution in [0.3, 0.4) is 0 Å². The summed E-state index contributed by atoms with van der Waals surface area (Å²) in [6.45, 7) is 6.58. The molecule has 1 atom stereocenters. The highest BCUT2D eigenvalue weighted by Gasteiger charge is 2.27. The first-order valence-corrected chi connectivity index (χ1v) is 7.71. The Bertz CT molecular complexity index is 468. The van der Waals surface area contributed by atoms with Crippen LogP contribution in [-0.2, 0) is 0 Å². The van der Waals surface area contributed by atoms with Crippen LogP contribution in [0, 0.1) is 9.49 Å². The highest BCUT2D eigenvalue weighted by atomic mass is 127. The maximum absolute atomic E-state index is 12.3. The van der Waals surface area contributed by atoms with E-state index in [4.69, 9.17) is 17.3 Å². The molecule has 20 heavy (non-hydrogen) atoms. The summed E-state index contributed by atoms with van der Waals surface area (Å²) in [5, 5.41) is 3.47. The summed E-state index contributed by atoms with van der Waals surface area (Å²) in [6, 6.07) is 5.38. The van der Waals surface area contributed by atoms with Gasteiger partial charge in [0.05, 0.1) is 10.6 Å². The van der Waals surface area contributed by atoms with E-state index in [-0.39, 0.29) is 18.3 Å². The lowest BCUT2D eigenvalue weighted by atomic mass is 9.90. The third kappa shape index (κ3) is 5.76. The van der Waals surface area contributed by atoms with Gasteiger partial charge in [0.25, 0.3) is 5.91 Å². The summed E-state index contributed by atoms with van der Waals surface area (Å²) in [5.74, 6) is 0.288. The Hall–Kier alpha value is -0.0400. The largest absolute Gasteiger partial charge is 0.346 e. The number of amides is 1. The van der Waals surface area contributed by atoms with Gasteiger partial charge >= 0.3 is 0 Å². The first-order chi connectivity index (χ1) is 8.77. The van der Waals surface area contributed by atoms with Crippen LogP contribution in [0.1, 0.15) is 37.6 Å². The van der Waals surface area contributed by atoms with Crippen LogP contribution in [0.2, 0.25) is 5.02 Å². The van der Waals surface area contributed by atoms with E-state index in [0.29, 0.717) is 23.0 Å². The molecule has 3 nitrogen and oxygen atoms in total. The van der Waals surface area contributed by atoms with Crippen LogP contribution >= 0.6 is 46.6 Å². The van der Waals surface area contributed by atoms with E-state index in [1.807, 2.05) is 13.0 Å². The summed E-state index contributed by atoms with van der Waals surface area (Å²) in [5.41, 5.74) is 5.88. The van der Waals surface area contributed by atoms with E-state index in [1.165, 1.54) is 0 Å². The first kappa shape index (κ1) is 20.0. The fourth-order valence-electron chi connectivity index (χ4n) is 2.10. The molecule has 1 rings (SSSR count). The number of carbonyl (C=O) groups excluding carboxylic acids is 1. The molecular formula is C14H21Cl2IN2O. The molecule has 6 heteroatoms. The van der Waals surface area contributed by atoms with Gasteiger partial charge in [-0.3, -0.25) is 4.79 Å². The van der Waals surface area contributed by atoms with Gasteiger partial charge in [-0.15, -0.1) is 12.4 Å². The molecule has 0 aromatic heterocycles. The van der Waals surface area contributed by atoms with Crippen molar-refractivity contribution in [1.29, 1.82) is 0 Å². The van der Waals surface area contributed by atoms with E-state index >= 15 is 0 Å². The normalized spacial score (nSPS) is 13.6. The molecule has 0 aliphatic heterocycles. The zero-order chi connectivity index (χ0) is 14.6. The van der Waals surface area contributed by atoms with Gasteiger partial charge in [0.15, 0.2) is 0 Å². The molecule has 1 amide bonds. The minimum atomic E-state index is -0.405. The lowest BCUT2D eigenvalue weighted by molar-refractivity contribution is 0.0898. The number of nitrogens with two attached hydrogens (primary N) is 1. The molecule has 114 valence electrons. The number of rotatable bonds is 5. The van der Waals surface area contributed by atoms with Gasteiger partial charge in [0.2, 0.25) is 0 Å². The predicted octanol–water partition coefficient (Wildman–Crippen LogP) is 3.86. The van der Waals surface area contributed by atoms with Crippen molar-refractivity contribution in [2.45, 2.75) is 32.7 Å². The summed E-state index contributed by atoms with van der Waals surface area (Å²) in [7, 11) is 0. The Morgan fingerprint density at radius 3 is 2.55 bits per heavy atom. The van der Waals surface area contributed by atoms with Crippen molar-refractivity contribution >= 4 is 52.5 Å². The molecule has 0 spiro atoms. The molecule has 0 aliphatic carbocycles. The maximum atomic E-state index is 12.3. The second-order valence-corrected chi connectivity index (χ2v) is 7.09. The summed E-state index contributed by atoms with van der Waals surface area (Å²) < 4.78 is 1.00. The fraction of sp³-hybridized carbons (Fsp3) is 0.500. The Morgan fingerprint density at radius 1 is 1.50 bits per heavy atom. The average Bonchev–Trinajstić information content (AvgIpc) is 2.27. The third-order valence-corrected chi connectivity index (χ3v) is 3.88. The van der Waals surface area contributed by atoms with Crippen LogP contribution in [0.15, 0.2) is 18.2 Å². The number of carbonyl (C=O) groups is 1. The molecule has 0 saturated carbocycles. The van der Waals surface area contributed by atoms with E-state index in [9.17, 15) is 4.79 Å². The summed E-state index contributed by atoms with van der Waals surface area (Å²) in [4.78, 5) is 12.3. The van der Waals surface area contributed by atoms with Gasteiger partial charge < -0.3 is 11.1 Å². The summed E-state index contributed by atoms with van der Waals surface area (Å²) >= 11 is 8.27. The smallest absolute Gasteiger partial charge is 0.253 e. The van der Waals surface area contributed by atoms with Crippen molar-refractivity contribution in [2.75, 3.05) is 6.54 Å². The lowest BCUT2D eigenvalue weighted by Gasteiger charge is -2.31. The molecular weight excluding hydrogens is 410 g/mol. The molecule has 0 fully saturated rings. The Balaban J connectivity index is 0.00000361. The van der Waals surface area contributed by atoms with E-state index in [2.05, 4.69) is 41.8 Å². The zero-order valence-corrected chi connectivity index (χ0v) is 15.6. The number of nitrogens with one attached hydrogen (secondary N) is 1. The van der Waals surface area contributed by atoms with Gasteiger partial charge in [-0.2, -0.15) is 0 Å². The highest BCUT2D eigenvalue weighted by molar-refractivity contribution is 14.1. The van der Waals surface area contributed by atoms with E-state index < -0.39 is 5.54 Å². The zero-order valence-electron chi connectivity index (χ0n) is 11.9. The highest BCUT2D eigenvalue weighted by Crippen LogP contribution is 2.21. The molecule has 1 unspecified atom stereocenters. The second kappa shape index (κ2) is 8.41. The van der Waals surface area contributed by atoms with Crippen LogP contribution in [0.25, 0.3) is 0 Å². The van der Waals surface area contributed by atoms with Gasteiger partial charge in [0.1, 0.15) is 0 Å². The van der Waals surface area contributed by atoms with Crippen molar-refractivity contribution < 1.29 is 4.79 Å². The molecule has 0 heterocycles. The number of halogens is 3. The predicted molar refractivity (Wildman–Crippen MR) is 95.8 cm³/mol. The average molecular weight is 431 g/mol. The Labute approximate surface area is 145 Å². The van der Waals surface area contributed by atoms with Crippen LogP contribution in [-0.4, -0.2) is 18.0 Å².